The summed E-state index contributed by atoms with van der Waals surface area (Å²) in [5.41, 5.74) is 1.15. The quantitative estimate of drug-likeness (QED) is 0.479. The monoisotopic (exact) mass is 229 g/mol. The lowest BCUT2D eigenvalue weighted by atomic mass is 10.2. The average molecular weight is 230 g/mol. The van der Waals surface area contributed by atoms with Gasteiger partial charge >= 0.3 is 0 Å². The highest BCUT2D eigenvalue weighted by Gasteiger charge is 1.95. The van der Waals surface area contributed by atoms with Crippen molar-refractivity contribution in [3.05, 3.63) is 35.9 Å². The van der Waals surface area contributed by atoms with Gasteiger partial charge in [-0.1, -0.05) is 30.3 Å². The van der Waals surface area contributed by atoms with E-state index in [9.17, 15) is 0 Å². The van der Waals surface area contributed by atoms with Gasteiger partial charge in [0.25, 0.3) is 0 Å². The fourth-order valence-electron chi connectivity index (χ4n) is 1.03. The number of benzene rings is 1. The Kier molecular flexibility index (Phi) is 7.68. The highest BCUT2D eigenvalue weighted by atomic mass is 35.5. The fraction of sp³-hybridized carbons (Fsp3) is 0.364. The molecule has 3 nitrogen and oxygen atoms in total. The molecule has 0 fully saturated rings. The van der Waals surface area contributed by atoms with Crippen molar-refractivity contribution in [1.29, 1.82) is 5.41 Å². The molecule has 0 bridgehead atoms. The topological polar surface area (TPSA) is 42.3 Å². The molecular formula is C11H16ClNO2. The van der Waals surface area contributed by atoms with E-state index in [0.717, 1.165) is 5.56 Å². The van der Waals surface area contributed by atoms with Gasteiger partial charge in [0, 0.05) is 6.42 Å². The van der Waals surface area contributed by atoms with Crippen LogP contribution in [-0.4, -0.2) is 19.6 Å². The number of ether oxygens (including phenoxy) is 2. The first-order valence-corrected chi connectivity index (χ1v) is 4.56. The number of methoxy groups -OCH3 is 1. The highest BCUT2D eigenvalue weighted by molar-refractivity contribution is 5.85. The van der Waals surface area contributed by atoms with Crippen molar-refractivity contribution in [3.63, 3.8) is 0 Å². The zero-order chi connectivity index (χ0) is 10.2. The second kappa shape index (κ2) is 8.26. The van der Waals surface area contributed by atoms with Crippen LogP contribution >= 0.6 is 12.4 Å². The Hall–Kier alpha value is -1.06. The van der Waals surface area contributed by atoms with E-state index in [1.54, 1.807) is 0 Å². The number of hydrogen-bond donors (Lipinski definition) is 1. The lowest BCUT2D eigenvalue weighted by Crippen LogP contribution is -2.04. The minimum atomic E-state index is 0. The molecular weight excluding hydrogens is 214 g/mol. The SMILES string of the molecule is COC(=N)CCOCc1ccccc1.Cl. The molecule has 0 aliphatic carbocycles. The molecule has 1 aromatic rings. The Morgan fingerprint density at radius 3 is 2.53 bits per heavy atom. The van der Waals surface area contributed by atoms with E-state index in [4.69, 9.17) is 14.9 Å². The summed E-state index contributed by atoms with van der Waals surface area (Å²) in [6, 6.07) is 9.97. The zero-order valence-corrected chi connectivity index (χ0v) is 9.55. The van der Waals surface area contributed by atoms with E-state index in [1.807, 2.05) is 30.3 Å². The molecule has 0 unspecified atom stereocenters. The first-order chi connectivity index (χ1) is 6.83. The largest absolute Gasteiger partial charge is 0.484 e. The van der Waals surface area contributed by atoms with Crippen LogP contribution in [0.5, 0.6) is 0 Å². The van der Waals surface area contributed by atoms with Crippen LogP contribution in [0.1, 0.15) is 12.0 Å². The van der Waals surface area contributed by atoms with Crippen LogP contribution in [0.4, 0.5) is 0 Å². The maximum atomic E-state index is 7.22. The molecule has 0 radical (unpaired) electrons. The summed E-state index contributed by atoms with van der Waals surface area (Å²) < 4.78 is 10.1. The molecule has 84 valence electrons. The Morgan fingerprint density at radius 1 is 1.27 bits per heavy atom. The molecule has 0 aliphatic heterocycles. The summed E-state index contributed by atoms with van der Waals surface area (Å²) in [4.78, 5) is 0. The van der Waals surface area contributed by atoms with Gasteiger partial charge in [0.2, 0.25) is 0 Å². The van der Waals surface area contributed by atoms with E-state index in [0.29, 0.717) is 19.6 Å². The molecule has 1 aromatic carbocycles. The molecule has 4 heteroatoms. The lowest BCUT2D eigenvalue weighted by molar-refractivity contribution is 0.124. The molecule has 1 N–H and O–H groups in total. The molecule has 0 aliphatic rings. The van der Waals surface area contributed by atoms with Gasteiger partial charge in [-0.05, 0) is 5.56 Å². The summed E-state index contributed by atoms with van der Waals surface area (Å²) in [6.07, 6.45) is 0.531. The van der Waals surface area contributed by atoms with Crippen LogP contribution in [0.2, 0.25) is 0 Å². The summed E-state index contributed by atoms with van der Waals surface area (Å²) in [5.74, 6) is 0.262. The van der Waals surface area contributed by atoms with Crippen LogP contribution < -0.4 is 0 Å². The zero-order valence-electron chi connectivity index (χ0n) is 8.73. The molecule has 0 spiro atoms. The first-order valence-electron chi connectivity index (χ1n) is 4.56. The van der Waals surface area contributed by atoms with Gasteiger partial charge in [0.05, 0.1) is 20.3 Å². The minimum Gasteiger partial charge on any atom is -0.484 e. The Labute approximate surface area is 96.3 Å². The normalized spacial score (nSPS) is 9.13. The maximum Gasteiger partial charge on any atom is 0.182 e. The van der Waals surface area contributed by atoms with Crippen molar-refractivity contribution in [2.24, 2.45) is 0 Å². The van der Waals surface area contributed by atoms with Crippen LogP contribution in [-0.2, 0) is 16.1 Å². The van der Waals surface area contributed by atoms with Crippen molar-refractivity contribution < 1.29 is 9.47 Å². The third kappa shape index (κ3) is 6.10. The second-order valence-corrected chi connectivity index (χ2v) is 2.92. The number of hydrogen-bond acceptors (Lipinski definition) is 3. The summed E-state index contributed by atoms with van der Waals surface area (Å²) in [7, 11) is 1.50. The van der Waals surface area contributed by atoms with E-state index >= 15 is 0 Å². The van der Waals surface area contributed by atoms with Crippen molar-refractivity contribution in [2.45, 2.75) is 13.0 Å². The standard InChI is InChI=1S/C11H15NO2.ClH/c1-13-11(12)7-8-14-9-10-5-3-2-4-6-10;/h2-6,12H,7-9H2,1H3;1H. The predicted octanol–water partition coefficient (Wildman–Crippen LogP) is 2.64. The second-order valence-electron chi connectivity index (χ2n) is 2.92. The van der Waals surface area contributed by atoms with E-state index in [1.165, 1.54) is 7.11 Å². The van der Waals surface area contributed by atoms with Crippen LogP contribution in [0.15, 0.2) is 30.3 Å². The maximum absolute atomic E-state index is 7.22. The predicted molar refractivity (Wildman–Crippen MR) is 62.7 cm³/mol. The van der Waals surface area contributed by atoms with E-state index < -0.39 is 0 Å². The van der Waals surface area contributed by atoms with Gasteiger partial charge in [-0.15, -0.1) is 12.4 Å². The van der Waals surface area contributed by atoms with Crippen LogP contribution in [0.3, 0.4) is 0 Å². The summed E-state index contributed by atoms with van der Waals surface area (Å²) in [5, 5.41) is 7.22. The van der Waals surface area contributed by atoms with E-state index in [-0.39, 0.29) is 18.3 Å². The minimum absolute atomic E-state index is 0. The number of nitrogens with one attached hydrogen (secondary N) is 1. The van der Waals surface area contributed by atoms with Gasteiger partial charge in [-0.2, -0.15) is 0 Å². The highest BCUT2D eigenvalue weighted by Crippen LogP contribution is 2.00. The lowest BCUT2D eigenvalue weighted by Gasteiger charge is -2.04. The number of rotatable bonds is 5. The van der Waals surface area contributed by atoms with Crippen molar-refractivity contribution in [1.82, 2.24) is 0 Å². The van der Waals surface area contributed by atoms with Crippen molar-refractivity contribution in [3.8, 4) is 0 Å². The fourth-order valence-corrected chi connectivity index (χ4v) is 1.03. The van der Waals surface area contributed by atoms with Gasteiger partial charge in [0.1, 0.15) is 0 Å². The first kappa shape index (κ1) is 13.9. The summed E-state index contributed by atoms with van der Waals surface area (Å²) >= 11 is 0. The Balaban J connectivity index is 0.00000196. The Bertz CT molecular complexity index is 277. The third-order valence-corrected chi connectivity index (χ3v) is 1.83. The van der Waals surface area contributed by atoms with E-state index in [2.05, 4.69) is 0 Å². The smallest absolute Gasteiger partial charge is 0.182 e. The molecule has 0 atom stereocenters. The van der Waals surface area contributed by atoms with Crippen LogP contribution in [0, 0.1) is 5.41 Å². The molecule has 0 saturated carbocycles. The molecule has 15 heavy (non-hydrogen) atoms. The Morgan fingerprint density at radius 2 is 1.93 bits per heavy atom. The third-order valence-electron chi connectivity index (χ3n) is 1.83. The van der Waals surface area contributed by atoms with Crippen LogP contribution in [0.25, 0.3) is 0 Å². The van der Waals surface area contributed by atoms with Gasteiger partial charge in [-0.3, -0.25) is 5.41 Å². The summed E-state index contributed by atoms with van der Waals surface area (Å²) in [6.45, 7) is 1.12. The van der Waals surface area contributed by atoms with Crippen molar-refractivity contribution in [2.75, 3.05) is 13.7 Å². The van der Waals surface area contributed by atoms with Gasteiger partial charge in [-0.25, -0.2) is 0 Å². The van der Waals surface area contributed by atoms with Gasteiger partial charge in [0.15, 0.2) is 5.90 Å². The molecule has 0 saturated heterocycles. The van der Waals surface area contributed by atoms with Gasteiger partial charge < -0.3 is 9.47 Å². The molecule has 1 rings (SSSR count). The molecule has 0 amide bonds. The van der Waals surface area contributed by atoms with Crippen molar-refractivity contribution >= 4 is 18.3 Å². The molecule has 0 aromatic heterocycles. The molecule has 0 heterocycles. The number of halogens is 1. The average Bonchev–Trinajstić information content (AvgIpc) is 2.25.